The molecule has 0 radical (unpaired) electrons. The van der Waals surface area contributed by atoms with Crippen molar-refractivity contribution >= 4 is 50.8 Å². The topological polar surface area (TPSA) is 221 Å². The molecule has 5 aromatic rings. The van der Waals surface area contributed by atoms with Crippen molar-refractivity contribution in [2.45, 2.75) is 70.1 Å². The predicted molar refractivity (Wildman–Crippen MR) is 250 cm³/mol. The number of aromatic amines is 2. The van der Waals surface area contributed by atoms with Gasteiger partial charge in [0.1, 0.15) is 33.6 Å². The van der Waals surface area contributed by atoms with Gasteiger partial charge in [0.2, 0.25) is 11.8 Å². The number of hydrogen-bond acceptors (Lipinski definition) is 11. The predicted octanol–water partition coefficient (Wildman–Crippen LogP) is 6.47. The smallest absolute Gasteiger partial charge is 0.407 e. The highest BCUT2D eigenvalue weighted by Crippen LogP contribution is 2.58. The molecular formula is C48H57N9O8S. The minimum Gasteiger partial charge on any atom is -0.453 e. The first-order valence-corrected chi connectivity index (χ1v) is 24.3. The van der Waals surface area contributed by atoms with Gasteiger partial charge in [-0.1, -0.05) is 62.4 Å². The summed E-state index contributed by atoms with van der Waals surface area (Å²) in [6.07, 6.45) is 8.36. The molecule has 4 N–H and O–H groups in total. The molecule has 1 spiro atoms. The summed E-state index contributed by atoms with van der Waals surface area (Å²) in [5.74, 6) is 0.381. The molecule has 2 aromatic heterocycles. The van der Waals surface area contributed by atoms with Crippen LogP contribution in [0.2, 0.25) is 0 Å². The molecule has 8 rings (SSSR count). The van der Waals surface area contributed by atoms with Gasteiger partial charge >= 0.3 is 12.2 Å². The number of benzene rings is 3. The number of carbonyl (C=O) groups excluding carboxylic acids is 4. The van der Waals surface area contributed by atoms with Crippen LogP contribution < -0.4 is 10.6 Å². The number of aliphatic imine (C=N–C) groups is 1. The summed E-state index contributed by atoms with van der Waals surface area (Å²) in [5.41, 5.74) is 5.58. The number of hydrogen-bond donors (Lipinski definition) is 4. The van der Waals surface area contributed by atoms with E-state index in [2.05, 4.69) is 74.1 Å². The summed E-state index contributed by atoms with van der Waals surface area (Å²) in [6.45, 7) is 4.74. The molecule has 1 aliphatic carbocycles. The van der Waals surface area contributed by atoms with Crippen molar-refractivity contribution in [2.24, 2.45) is 22.2 Å². The molecule has 2 saturated heterocycles. The lowest BCUT2D eigenvalue weighted by atomic mass is 9.98. The van der Waals surface area contributed by atoms with Crippen LogP contribution in [-0.4, -0.2) is 127 Å². The number of aromatic nitrogens is 4. The van der Waals surface area contributed by atoms with E-state index >= 15 is 0 Å². The van der Waals surface area contributed by atoms with Crippen LogP contribution in [-0.2, 0) is 28.9 Å². The molecule has 3 aliphatic rings. The van der Waals surface area contributed by atoms with Crippen molar-refractivity contribution < 1.29 is 37.1 Å². The summed E-state index contributed by atoms with van der Waals surface area (Å²) < 4.78 is 33.5. The van der Waals surface area contributed by atoms with Gasteiger partial charge in [0.15, 0.2) is 0 Å². The lowest BCUT2D eigenvalue weighted by molar-refractivity contribution is -0.136. The number of rotatable bonds is 14. The van der Waals surface area contributed by atoms with Gasteiger partial charge in [-0.2, -0.15) is 0 Å². The lowest BCUT2D eigenvalue weighted by Gasteiger charge is -2.30. The van der Waals surface area contributed by atoms with Crippen LogP contribution in [0.25, 0.3) is 44.4 Å². The van der Waals surface area contributed by atoms with E-state index in [4.69, 9.17) is 19.4 Å². The fourth-order valence-corrected chi connectivity index (χ4v) is 10.0. The van der Waals surface area contributed by atoms with E-state index < -0.39 is 34.1 Å². The first-order valence-electron chi connectivity index (χ1n) is 22.2. The zero-order valence-corrected chi connectivity index (χ0v) is 38.9. The molecule has 5 unspecified atom stereocenters. The molecule has 1 saturated carbocycles. The van der Waals surface area contributed by atoms with E-state index in [1.54, 1.807) is 29.2 Å². The second-order valence-electron chi connectivity index (χ2n) is 18.3. The number of nitrogens with one attached hydrogen (secondary N) is 4. The number of H-pyrrole nitrogens is 2. The fraction of sp³-hybridized carbons (Fsp3) is 0.438. The Morgan fingerprint density at radius 2 is 1.39 bits per heavy atom. The van der Waals surface area contributed by atoms with Crippen molar-refractivity contribution in [1.29, 1.82) is 0 Å². The molecule has 348 valence electrons. The van der Waals surface area contributed by atoms with Crippen molar-refractivity contribution in [3.05, 3.63) is 84.7 Å². The minimum absolute atomic E-state index is 0.00818. The molecule has 5 atom stereocenters. The highest BCUT2D eigenvalue weighted by molar-refractivity contribution is 7.90. The number of likely N-dealkylation sites (tertiary alicyclic amines) is 2. The molecular weight excluding hydrogens is 863 g/mol. The van der Waals surface area contributed by atoms with Gasteiger partial charge in [-0.15, -0.1) is 0 Å². The maximum absolute atomic E-state index is 14.0. The number of alkyl carbamates (subject to hydrolysis) is 2. The third-order valence-corrected chi connectivity index (χ3v) is 14.1. The molecule has 0 bridgehead atoms. The molecule has 2 aliphatic heterocycles. The Balaban J connectivity index is 0.963. The number of ether oxygens (including phenoxy) is 2. The van der Waals surface area contributed by atoms with E-state index in [0.29, 0.717) is 31.2 Å². The van der Waals surface area contributed by atoms with Gasteiger partial charge < -0.3 is 44.9 Å². The van der Waals surface area contributed by atoms with E-state index in [1.165, 1.54) is 14.2 Å². The molecule has 18 heteroatoms. The third-order valence-electron chi connectivity index (χ3n) is 13.2. The second-order valence-corrected chi connectivity index (χ2v) is 20.5. The summed E-state index contributed by atoms with van der Waals surface area (Å²) in [7, 11) is 0.820. The van der Waals surface area contributed by atoms with E-state index in [-0.39, 0.29) is 53.3 Å². The Labute approximate surface area is 384 Å². The standard InChI is InChI=1S/C48H57N9O8S/c1-28(2)41(55-47(61)65-5)45(59)56-26-29(23-49-3)19-39(56)42-50-25-38(53-42)35-14-13-33-20-32(11-12-34(33)21-35)30-7-9-31(10-8-30)37-24-51-43(52-37)40-22-48(16-17-48)27-57(40)44(58)36(54-46(60)64-4)15-18-66(6,62)63/h7-14,20-21,23-25,28-29,36,39-41H,15-19,22,26-27H2,1-6H3,(H,50,53)(H,51,52)(H,54,60)(H,55,61). The number of methoxy groups -OCH3 is 2. The molecule has 4 amide bonds. The van der Waals surface area contributed by atoms with Gasteiger partial charge in [0, 0.05) is 44.1 Å². The number of nitrogens with zero attached hydrogens (tertiary/aromatic N) is 5. The Hall–Kier alpha value is -6.56. The van der Waals surface area contributed by atoms with E-state index in [0.717, 1.165) is 69.9 Å². The highest BCUT2D eigenvalue weighted by atomic mass is 32.2. The summed E-state index contributed by atoms with van der Waals surface area (Å²) >= 11 is 0. The molecule has 17 nitrogen and oxygen atoms in total. The third kappa shape index (κ3) is 9.97. The number of amides is 4. The van der Waals surface area contributed by atoms with E-state index in [1.807, 2.05) is 32.2 Å². The first-order chi connectivity index (χ1) is 31.6. The quantitative estimate of drug-likeness (QED) is 0.0890. The summed E-state index contributed by atoms with van der Waals surface area (Å²) in [4.78, 5) is 76.4. The average Bonchev–Trinajstić information content (AvgIpc) is 3.79. The van der Waals surface area contributed by atoms with Crippen molar-refractivity contribution in [2.75, 3.05) is 46.4 Å². The Morgan fingerprint density at radius 3 is 2.00 bits per heavy atom. The zero-order valence-electron chi connectivity index (χ0n) is 38.0. The SMILES string of the molecule is CN=CC1CC(c2ncc(-c3ccc4cc(-c5ccc(-c6cnc(C7CC8(CC8)CN7C(=O)C(CCS(C)(=O)=O)NC(=O)OC)[nH]6)cc5)ccc4c3)[nH]2)N(C(=O)C(NC(=O)OC)C(C)C)C1. The number of carbonyl (C=O) groups is 4. The van der Waals surface area contributed by atoms with E-state index in [9.17, 15) is 27.6 Å². The zero-order chi connectivity index (χ0) is 46.9. The Bertz CT molecular complexity index is 2760. The first kappa shape index (κ1) is 46.0. The monoisotopic (exact) mass is 919 g/mol. The Kier molecular flexibility index (Phi) is 13.1. The second kappa shape index (κ2) is 18.7. The van der Waals surface area contributed by atoms with Gasteiger partial charge in [-0.25, -0.2) is 28.0 Å². The number of fused-ring (bicyclic) bond motifs is 1. The Morgan fingerprint density at radius 1 is 0.818 bits per heavy atom. The highest BCUT2D eigenvalue weighted by Gasteiger charge is 2.55. The van der Waals surface area contributed by atoms with Crippen LogP contribution >= 0.6 is 0 Å². The maximum atomic E-state index is 14.0. The minimum atomic E-state index is -3.38. The van der Waals surface area contributed by atoms with Crippen LogP contribution in [0.1, 0.15) is 69.7 Å². The lowest BCUT2D eigenvalue weighted by Crippen LogP contribution is -2.51. The van der Waals surface area contributed by atoms with Crippen LogP contribution in [0.15, 0.2) is 78.0 Å². The number of sulfone groups is 1. The van der Waals surface area contributed by atoms with Crippen LogP contribution in [0.4, 0.5) is 9.59 Å². The largest absolute Gasteiger partial charge is 0.453 e. The van der Waals surface area contributed by atoms with Crippen LogP contribution in [0, 0.1) is 17.3 Å². The van der Waals surface area contributed by atoms with Gasteiger partial charge in [-0.3, -0.25) is 9.59 Å². The van der Waals surface area contributed by atoms with Crippen LogP contribution in [0.5, 0.6) is 0 Å². The van der Waals surface area contributed by atoms with Crippen molar-refractivity contribution in [1.82, 2.24) is 40.4 Å². The maximum Gasteiger partial charge on any atom is 0.407 e. The normalized spacial score (nSPS) is 20.0. The summed E-state index contributed by atoms with van der Waals surface area (Å²) in [6, 6.07) is 18.3. The molecule has 3 aromatic carbocycles. The molecule has 66 heavy (non-hydrogen) atoms. The van der Waals surface area contributed by atoms with Crippen molar-refractivity contribution in [3.8, 4) is 33.6 Å². The number of imidazole rings is 2. The van der Waals surface area contributed by atoms with Gasteiger partial charge in [-0.05, 0) is 83.0 Å². The van der Waals surface area contributed by atoms with Gasteiger partial charge in [0.05, 0.1) is 55.8 Å². The summed E-state index contributed by atoms with van der Waals surface area (Å²) in [5, 5.41) is 7.38. The van der Waals surface area contributed by atoms with Crippen LogP contribution in [0.3, 0.4) is 0 Å². The van der Waals surface area contributed by atoms with Crippen molar-refractivity contribution in [3.63, 3.8) is 0 Å². The van der Waals surface area contributed by atoms with Gasteiger partial charge in [0.25, 0.3) is 0 Å². The molecule has 4 heterocycles. The average molecular weight is 920 g/mol. The fourth-order valence-electron chi connectivity index (χ4n) is 9.37. The molecule has 3 fully saturated rings.